The van der Waals surface area contributed by atoms with Crippen LogP contribution in [0.2, 0.25) is 0 Å². The van der Waals surface area contributed by atoms with Crippen LogP contribution in [-0.4, -0.2) is 31.8 Å². The lowest BCUT2D eigenvalue weighted by Crippen LogP contribution is -2.42. The van der Waals surface area contributed by atoms with E-state index in [0.717, 1.165) is 11.1 Å². The first-order valence-electron chi connectivity index (χ1n) is 9.70. The van der Waals surface area contributed by atoms with Crippen LogP contribution in [0.5, 0.6) is 0 Å². The van der Waals surface area contributed by atoms with Gasteiger partial charge in [-0.15, -0.1) is 0 Å². The van der Waals surface area contributed by atoms with Crippen molar-refractivity contribution in [2.24, 2.45) is 0 Å². The van der Waals surface area contributed by atoms with Gasteiger partial charge in [-0.2, -0.15) is 0 Å². The Labute approximate surface area is 177 Å². The van der Waals surface area contributed by atoms with Crippen LogP contribution in [-0.2, 0) is 27.2 Å². The van der Waals surface area contributed by atoms with Crippen LogP contribution in [0.4, 0.5) is 4.79 Å². The van der Waals surface area contributed by atoms with Crippen LogP contribution >= 0.6 is 0 Å². The van der Waals surface area contributed by atoms with Crippen LogP contribution < -0.4 is 10.6 Å². The van der Waals surface area contributed by atoms with Crippen molar-refractivity contribution in [1.82, 2.24) is 10.6 Å². The summed E-state index contributed by atoms with van der Waals surface area (Å²) in [7, 11) is 1.32. The number of amides is 1. The number of esters is 1. The largest absolute Gasteiger partial charge is 0.466 e. The molecular weight excluding hydrogens is 380 g/mol. The SMILES string of the molecule is C=CCOC(=O)N[C@@H](Cc1ccccc1)C(C(=O)OC)=C(C)NCc1ccccc1. The molecule has 2 N–H and O–H groups in total. The van der Waals surface area contributed by atoms with Gasteiger partial charge < -0.3 is 20.1 Å². The second-order valence-corrected chi connectivity index (χ2v) is 6.64. The monoisotopic (exact) mass is 408 g/mol. The summed E-state index contributed by atoms with van der Waals surface area (Å²) in [6.07, 6.45) is 1.25. The van der Waals surface area contributed by atoms with Crippen LogP contribution in [0.15, 0.2) is 84.6 Å². The van der Waals surface area contributed by atoms with Gasteiger partial charge >= 0.3 is 12.1 Å². The molecule has 0 saturated carbocycles. The van der Waals surface area contributed by atoms with Gasteiger partial charge in [0.2, 0.25) is 0 Å². The average molecular weight is 408 g/mol. The molecule has 0 bridgehead atoms. The Bertz CT molecular complexity index is 863. The normalized spacial score (nSPS) is 12.2. The molecule has 2 aromatic carbocycles. The Morgan fingerprint density at radius 1 is 1.03 bits per heavy atom. The fourth-order valence-corrected chi connectivity index (χ4v) is 2.99. The zero-order valence-electron chi connectivity index (χ0n) is 17.4. The minimum Gasteiger partial charge on any atom is -0.466 e. The quantitative estimate of drug-likeness (QED) is 0.356. The first kappa shape index (κ1) is 22.7. The molecule has 30 heavy (non-hydrogen) atoms. The average Bonchev–Trinajstić information content (AvgIpc) is 2.77. The highest BCUT2D eigenvalue weighted by Gasteiger charge is 2.27. The molecule has 0 aromatic heterocycles. The van der Waals surface area contributed by atoms with Crippen LogP contribution in [0, 0.1) is 0 Å². The number of alkyl carbamates (subject to hydrolysis) is 1. The van der Waals surface area contributed by atoms with Gasteiger partial charge in [-0.3, -0.25) is 0 Å². The van der Waals surface area contributed by atoms with E-state index < -0.39 is 18.1 Å². The highest BCUT2D eigenvalue weighted by Crippen LogP contribution is 2.16. The van der Waals surface area contributed by atoms with Gasteiger partial charge in [0, 0.05) is 12.2 Å². The Morgan fingerprint density at radius 2 is 1.63 bits per heavy atom. The van der Waals surface area contributed by atoms with Crippen molar-refractivity contribution in [3.8, 4) is 0 Å². The lowest BCUT2D eigenvalue weighted by molar-refractivity contribution is -0.136. The molecule has 1 atom stereocenters. The molecule has 0 aliphatic heterocycles. The number of hydrogen-bond donors (Lipinski definition) is 2. The molecule has 0 saturated heterocycles. The first-order chi connectivity index (χ1) is 14.5. The van der Waals surface area contributed by atoms with E-state index in [1.807, 2.05) is 60.7 Å². The summed E-state index contributed by atoms with van der Waals surface area (Å²) in [6.45, 7) is 5.94. The second kappa shape index (κ2) is 12.1. The van der Waals surface area contributed by atoms with E-state index in [9.17, 15) is 9.59 Å². The second-order valence-electron chi connectivity index (χ2n) is 6.64. The molecule has 6 nitrogen and oxygen atoms in total. The molecule has 0 unspecified atom stereocenters. The van der Waals surface area contributed by atoms with Crippen LogP contribution in [0.1, 0.15) is 18.1 Å². The van der Waals surface area contributed by atoms with E-state index >= 15 is 0 Å². The Hall–Kier alpha value is -3.54. The third kappa shape index (κ3) is 7.13. The maximum atomic E-state index is 12.7. The van der Waals surface area contributed by atoms with E-state index in [2.05, 4.69) is 17.2 Å². The molecule has 0 spiro atoms. The van der Waals surface area contributed by atoms with E-state index in [1.54, 1.807) is 6.92 Å². The third-order valence-corrected chi connectivity index (χ3v) is 4.47. The van der Waals surface area contributed by atoms with Gasteiger partial charge in [-0.1, -0.05) is 73.3 Å². The molecule has 2 aromatic rings. The van der Waals surface area contributed by atoms with Crippen molar-refractivity contribution in [2.75, 3.05) is 13.7 Å². The standard InChI is InChI=1S/C24H28N2O4/c1-4-15-30-24(28)26-21(16-19-11-7-5-8-12-19)22(23(27)29-3)18(2)25-17-20-13-9-6-10-14-20/h4-14,21,25H,1,15-17H2,2-3H3,(H,26,28)/t21-/m0/s1. The molecular formula is C24H28N2O4. The first-order valence-corrected chi connectivity index (χ1v) is 9.70. The molecule has 6 heteroatoms. The zero-order valence-corrected chi connectivity index (χ0v) is 17.4. The number of carbonyl (C=O) groups is 2. The van der Waals surface area contributed by atoms with Crippen molar-refractivity contribution < 1.29 is 19.1 Å². The van der Waals surface area contributed by atoms with Crippen molar-refractivity contribution in [3.63, 3.8) is 0 Å². The number of methoxy groups -OCH3 is 1. The highest BCUT2D eigenvalue weighted by molar-refractivity contribution is 5.91. The molecule has 1 amide bonds. The third-order valence-electron chi connectivity index (χ3n) is 4.47. The molecule has 0 fully saturated rings. The van der Waals surface area contributed by atoms with Crippen molar-refractivity contribution in [1.29, 1.82) is 0 Å². The molecule has 2 rings (SSSR count). The van der Waals surface area contributed by atoms with E-state index in [-0.39, 0.29) is 6.61 Å². The molecule has 0 heterocycles. The zero-order chi connectivity index (χ0) is 21.8. The summed E-state index contributed by atoms with van der Waals surface area (Å²) >= 11 is 0. The Kier molecular flexibility index (Phi) is 9.18. The van der Waals surface area contributed by atoms with Crippen molar-refractivity contribution >= 4 is 12.1 Å². The molecule has 158 valence electrons. The maximum absolute atomic E-state index is 12.7. The van der Waals surface area contributed by atoms with Crippen LogP contribution in [0.3, 0.4) is 0 Å². The number of nitrogens with one attached hydrogen (secondary N) is 2. The minimum atomic E-state index is -0.638. The van der Waals surface area contributed by atoms with E-state index in [1.165, 1.54) is 13.2 Å². The van der Waals surface area contributed by atoms with Crippen molar-refractivity contribution in [2.45, 2.75) is 25.9 Å². The fraction of sp³-hybridized carbons (Fsp3) is 0.250. The number of ether oxygens (including phenoxy) is 2. The minimum absolute atomic E-state index is 0.0758. The predicted molar refractivity (Wildman–Crippen MR) is 117 cm³/mol. The Balaban J connectivity index is 2.31. The Morgan fingerprint density at radius 3 is 2.20 bits per heavy atom. The van der Waals surface area contributed by atoms with Gasteiger partial charge in [-0.05, 0) is 24.5 Å². The lowest BCUT2D eigenvalue weighted by Gasteiger charge is -2.23. The van der Waals surface area contributed by atoms with Gasteiger partial charge in [0.1, 0.15) is 6.61 Å². The highest BCUT2D eigenvalue weighted by atomic mass is 16.5. The molecule has 0 aliphatic rings. The number of hydrogen-bond acceptors (Lipinski definition) is 5. The van der Waals surface area contributed by atoms with Gasteiger partial charge in [-0.25, -0.2) is 9.59 Å². The summed E-state index contributed by atoms with van der Waals surface area (Å²) in [5, 5.41) is 6.05. The summed E-state index contributed by atoms with van der Waals surface area (Å²) in [6, 6.07) is 18.8. The van der Waals surface area contributed by atoms with E-state index in [0.29, 0.717) is 24.2 Å². The number of allylic oxidation sites excluding steroid dienone is 1. The lowest BCUT2D eigenvalue weighted by atomic mass is 9.97. The van der Waals surface area contributed by atoms with Crippen molar-refractivity contribution in [3.05, 3.63) is 95.7 Å². The fourth-order valence-electron chi connectivity index (χ4n) is 2.99. The number of benzene rings is 2. The number of rotatable bonds is 10. The summed E-state index contributed by atoms with van der Waals surface area (Å²) < 4.78 is 10.1. The summed E-state index contributed by atoms with van der Waals surface area (Å²) in [5.41, 5.74) is 2.99. The van der Waals surface area contributed by atoms with Crippen LogP contribution in [0.25, 0.3) is 0 Å². The maximum Gasteiger partial charge on any atom is 0.407 e. The summed E-state index contributed by atoms with van der Waals surface area (Å²) in [5.74, 6) is -0.516. The van der Waals surface area contributed by atoms with Gasteiger partial charge in [0.05, 0.1) is 18.7 Å². The molecule has 0 radical (unpaired) electrons. The smallest absolute Gasteiger partial charge is 0.407 e. The summed E-state index contributed by atoms with van der Waals surface area (Å²) in [4.78, 5) is 24.9. The predicted octanol–water partition coefficient (Wildman–Crippen LogP) is 3.75. The van der Waals surface area contributed by atoms with E-state index in [4.69, 9.17) is 9.47 Å². The number of carbonyl (C=O) groups excluding carboxylic acids is 2. The van der Waals surface area contributed by atoms with Gasteiger partial charge in [0.15, 0.2) is 0 Å². The van der Waals surface area contributed by atoms with Gasteiger partial charge in [0.25, 0.3) is 0 Å². The molecule has 0 aliphatic carbocycles. The topological polar surface area (TPSA) is 76.7 Å².